The smallest absolute Gasteiger partial charge is 0.302 e. The van der Waals surface area contributed by atoms with Crippen molar-refractivity contribution in [2.24, 2.45) is 28.6 Å². The van der Waals surface area contributed by atoms with Crippen LogP contribution in [0.2, 0.25) is 0 Å². The molecule has 1 aromatic rings. The van der Waals surface area contributed by atoms with Gasteiger partial charge in [0.05, 0.1) is 5.70 Å². The van der Waals surface area contributed by atoms with Crippen molar-refractivity contribution in [2.75, 3.05) is 0 Å². The molecule has 2 saturated carbocycles. The van der Waals surface area contributed by atoms with E-state index >= 15 is 0 Å². The molecule has 0 bridgehead atoms. The molecule has 2 fully saturated rings. The van der Waals surface area contributed by atoms with Crippen LogP contribution in [0, 0.1) is 28.6 Å². The van der Waals surface area contributed by atoms with Crippen molar-refractivity contribution in [2.45, 2.75) is 71.8 Å². The molecule has 0 unspecified atom stereocenters. The minimum atomic E-state index is -0.170. The molecule has 0 saturated heterocycles. The summed E-state index contributed by atoms with van der Waals surface area (Å²) in [5, 5.41) is 4.49. The summed E-state index contributed by atoms with van der Waals surface area (Å²) >= 11 is 0. The van der Waals surface area contributed by atoms with Gasteiger partial charge in [-0.15, -0.1) is 0 Å². The van der Waals surface area contributed by atoms with Crippen LogP contribution in [0.5, 0.6) is 0 Å². The molecule has 0 N–H and O–H groups in total. The molecular weight excluding hydrogens is 376 g/mol. The van der Waals surface area contributed by atoms with E-state index in [1.54, 1.807) is 6.20 Å². The average molecular weight is 409 g/mol. The molecule has 0 amide bonds. The fraction of sp³-hybridized carbons (Fsp3) is 0.640. The Kier molecular flexibility index (Phi) is 4.57. The number of aromatic nitrogens is 2. The zero-order valence-corrected chi connectivity index (χ0v) is 18.3. The second kappa shape index (κ2) is 6.93. The van der Waals surface area contributed by atoms with Crippen molar-refractivity contribution in [1.29, 1.82) is 0 Å². The normalized spacial score (nSPS) is 40.2. The molecule has 160 valence electrons. The summed E-state index contributed by atoms with van der Waals surface area (Å²) in [6, 6.07) is 1.94. The number of hydrogen-bond donors (Lipinski definition) is 0. The van der Waals surface area contributed by atoms with Gasteiger partial charge in [0.1, 0.15) is 12.4 Å². The summed E-state index contributed by atoms with van der Waals surface area (Å²) in [5.41, 5.74) is 3.75. The van der Waals surface area contributed by atoms with Crippen molar-refractivity contribution in [3.05, 3.63) is 35.7 Å². The van der Waals surface area contributed by atoms with E-state index in [2.05, 4.69) is 25.0 Å². The van der Waals surface area contributed by atoms with Gasteiger partial charge in [-0.2, -0.15) is 5.10 Å². The van der Waals surface area contributed by atoms with Gasteiger partial charge in [-0.1, -0.05) is 25.5 Å². The SMILES string of the molecule is CC(=O)O[C@H]1CC[C@@]2(C)C(=CC[C@@H]3[C@@H]2CC[C@]2(C)C(n4cccn4)=C(C=O)C[C@@H]32)C1. The number of allylic oxidation sites excluding steroid dienone is 3. The van der Waals surface area contributed by atoms with Crippen LogP contribution in [0.25, 0.3) is 5.70 Å². The third-order valence-corrected chi connectivity index (χ3v) is 8.94. The van der Waals surface area contributed by atoms with Crippen LogP contribution in [-0.4, -0.2) is 28.1 Å². The summed E-state index contributed by atoms with van der Waals surface area (Å²) in [5.74, 6) is 1.54. The Morgan fingerprint density at radius 3 is 2.70 bits per heavy atom. The van der Waals surface area contributed by atoms with E-state index in [0.717, 1.165) is 56.1 Å². The van der Waals surface area contributed by atoms with Crippen LogP contribution < -0.4 is 0 Å². The Hall–Kier alpha value is -2.17. The van der Waals surface area contributed by atoms with Gasteiger partial charge in [-0.05, 0) is 67.8 Å². The lowest BCUT2D eigenvalue weighted by Crippen LogP contribution is -2.50. The molecule has 4 aliphatic carbocycles. The molecule has 5 nitrogen and oxygen atoms in total. The molecule has 0 radical (unpaired) electrons. The lowest BCUT2D eigenvalue weighted by Gasteiger charge is -2.57. The molecular formula is C25H32N2O3. The maximum absolute atomic E-state index is 12.0. The molecule has 0 spiro atoms. The maximum Gasteiger partial charge on any atom is 0.302 e. The third kappa shape index (κ3) is 2.77. The molecule has 30 heavy (non-hydrogen) atoms. The highest BCUT2D eigenvalue weighted by atomic mass is 16.5. The molecule has 5 heteroatoms. The minimum absolute atomic E-state index is 0.0000758. The van der Waals surface area contributed by atoms with Crippen molar-refractivity contribution in [3.63, 3.8) is 0 Å². The topological polar surface area (TPSA) is 61.2 Å². The van der Waals surface area contributed by atoms with E-state index in [9.17, 15) is 9.59 Å². The molecule has 1 heterocycles. The molecule has 5 rings (SSSR count). The number of carbonyl (C=O) groups is 2. The number of nitrogens with zero attached hydrogens (tertiary/aromatic N) is 2. The standard InChI is InChI=1S/C25H32N2O3/c1-16(29)30-19-7-9-24(2)18(14-19)5-6-20-21(24)8-10-25(3)22(20)13-17(15-28)23(25)27-12-4-11-26-27/h4-5,11-12,15,19-22H,6-10,13-14H2,1-3H3/t19-,20+,21-,22-,24-,25-/m0/s1. The van der Waals surface area contributed by atoms with Crippen molar-refractivity contribution in [3.8, 4) is 0 Å². The lowest BCUT2D eigenvalue weighted by atomic mass is 9.48. The Morgan fingerprint density at radius 1 is 1.20 bits per heavy atom. The van der Waals surface area contributed by atoms with Crippen molar-refractivity contribution < 1.29 is 14.3 Å². The highest BCUT2D eigenvalue weighted by Gasteiger charge is 2.58. The number of esters is 1. The number of rotatable bonds is 3. The Morgan fingerprint density at radius 2 is 2.00 bits per heavy atom. The van der Waals surface area contributed by atoms with Crippen molar-refractivity contribution >= 4 is 18.0 Å². The van der Waals surface area contributed by atoms with Crippen LogP contribution >= 0.6 is 0 Å². The summed E-state index contributed by atoms with van der Waals surface area (Å²) in [6.07, 6.45) is 14.5. The molecule has 4 aliphatic rings. The predicted molar refractivity (Wildman–Crippen MR) is 114 cm³/mol. The van der Waals surface area contributed by atoms with Crippen LogP contribution in [0.4, 0.5) is 0 Å². The van der Waals surface area contributed by atoms with E-state index < -0.39 is 0 Å². The summed E-state index contributed by atoms with van der Waals surface area (Å²) in [7, 11) is 0. The van der Waals surface area contributed by atoms with Gasteiger partial charge in [0.15, 0.2) is 0 Å². The summed E-state index contributed by atoms with van der Waals surface area (Å²) in [4.78, 5) is 23.5. The van der Waals surface area contributed by atoms with E-state index in [0.29, 0.717) is 17.8 Å². The molecule has 1 aromatic heterocycles. The van der Waals surface area contributed by atoms with Crippen LogP contribution in [0.3, 0.4) is 0 Å². The highest BCUT2D eigenvalue weighted by molar-refractivity contribution is 5.86. The quantitative estimate of drug-likeness (QED) is 0.410. The van der Waals surface area contributed by atoms with E-state index in [1.165, 1.54) is 18.9 Å². The number of aldehydes is 1. The summed E-state index contributed by atoms with van der Waals surface area (Å²) < 4.78 is 7.50. The number of hydrogen-bond acceptors (Lipinski definition) is 4. The number of fused-ring (bicyclic) bond motifs is 5. The number of carbonyl (C=O) groups excluding carboxylic acids is 2. The van der Waals surface area contributed by atoms with E-state index in [-0.39, 0.29) is 22.9 Å². The molecule has 6 atom stereocenters. The van der Waals surface area contributed by atoms with Gasteiger partial charge >= 0.3 is 5.97 Å². The highest BCUT2D eigenvalue weighted by Crippen LogP contribution is 2.66. The zero-order chi connectivity index (χ0) is 21.1. The number of ether oxygens (including phenoxy) is 1. The zero-order valence-electron chi connectivity index (χ0n) is 18.3. The lowest BCUT2D eigenvalue weighted by molar-refractivity contribution is -0.148. The Balaban J connectivity index is 1.46. The van der Waals surface area contributed by atoms with Crippen LogP contribution in [-0.2, 0) is 14.3 Å². The second-order valence-corrected chi connectivity index (χ2v) is 10.3. The first-order valence-corrected chi connectivity index (χ1v) is 11.4. The fourth-order valence-corrected chi connectivity index (χ4v) is 7.57. The van der Waals surface area contributed by atoms with E-state index in [4.69, 9.17) is 4.74 Å². The third-order valence-electron chi connectivity index (χ3n) is 8.94. The first kappa shape index (κ1) is 19.8. The largest absolute Gasteiger partial charge is 0.462 e. The monoisotopic (exact) mass is 408 g/mol. The van der Waals surface area contributed by atoms with Gasteiger partial charge in [0, 0.05) is 36.7 Å². The van der Waals surface area contributed by atoms with Gasteiger partial charge < -0.3 is 4.74 Å². The van der Waals surface area contributed by atoms with Gasteiger partial charge in [0.2, 0.25) is 0 Å². The molecule has 0 aliphatic heterocycles. The van der Waals surface area contributed by atoms with Crippen LogP contribution in [0.1, 0.15) is 65.7 Å². The van der Waals surface area contributed by atoms with E-state index in [1.807, 2.05) is 16.9 Å². The average Bonchev–Trinajstić information content (AvgIpc) is 3.32. The predicted octanol–water partition coefficient (Wildman–Crippen LogP) is 4.80. The Labute approximate surface area is 178 Å². The van der Waals surface area contributed by atoms with Gasteiger partial charge in [0.25, 0.3) is 0 Å². The Bertz CT molecular complexity index is 930. The maximum atomic E-state index is 12.0. The van der Waals surface area contributed by atoms with Crippen LogP contribution in [0.15, 0.2) is 35.7 Å². The first-order chi connectivity index (χ1) is 14.4. The minimum Gasteiger partial charge on any atom is -0.462 e. The van der Waals surface area contributed by atoms with Gasteiger partial charge in [-0.25, -0.2) is 4.68 Å². The summed E-state index contributed by atoms with van der Waals surface area (Å²) in [6.45, 7) is 6.32. The first-order valence-electron chi connectivity index (χ1n) is 11.4. The van der Waals surface area contributed by atoms with Crippen molar-refractivity contribution in [1.82, 2.24) is 9.78 Å². The van der Waals surface area contributed by atoms with Gasteiger partial charge in [-0.3, -0.25) is 9.59 Å². The second-order valence-electron chi connectivity index (χ2n) is 10.3. The molecule has 0 aromatic carbocycles. The fourth-order valence-electron chi connectivity index (χ4n) is 7.57.